The number of aromatic carboxylic acids is 1. The van der Waals surface area contributed by atoms with Crippen LogP contribution in [0, 0.1) is 5.92 Å². The maximum Gasteiger partial charge on any atom is 0.351 e. The monoisotopic (exact) mass is 331 g/mol. The van der Waals surface area contributed by atoms with E-state index < -0.39 is 11.6 Å². The summed E-state index contributed by atoms with van der Waals surface area (Å²) in [5.41, 5.74) is 0.182. The second-order valence-electron chi connectivity index (χ2n) is 6.24. The number of hydrogen-bond acceptors (Lipinski definition) is 5. The van der Waals surface area contributed by atoms with Crippen molar-refractivity contribution in [2.45, 2.75) is 19.3 Å². The normalized spacial score (nSPS) is 15.5. The molecule has 1 aromatic carbocycles. The highest BCUT2D eigenvalue weighted by atomic mass is 16.5. The molecule has 1 saturated heterocycles. The first kappa shape index (κ1) is 16.5. The Balaban J connectivity index is 1.75. The predicted octanol–water partition coefficient (Wildman–Crippen LogP) is 2.74. The van der Waals surface area contributed by atoms with Crippen molar-refractivity contribution in [2.75, 3.05) is 31.7 Å². The number of anilines is 1. The summed E-state index contributed by atoms with van der Waals surface area (Å²) in [6.45, 7) is 2.61. The van der Waals surface area contributed by atoms with Crippen LogP contribution in [0.1, 0.15) is 29.6 Å². The molecule has 24 heavy (non-hydrogen) atoms. The highest BCUT2D eigenvalue weighted by Gasteiger charge is 2.16. The summed E-state index contributed by atoms with van der Waals surface area (Å²) in [5.74, 6) is -0.582. The molecule has 1 fully saturated rings. The third kappa shape index (κ3) is 3.59. The smallest absolute Gasteiger partial charge is 0.351 e. The number of carboxylic acids is 1. The molecule has 1 N–H and O–H groups in total. The molecule has 0 bridgehead atoms. The van der Waals surface area contributed by atoms with Gasteiger partial charge in [0.2, 0.25) is 0 Å². The van der Waals surface area contributed by atoms with Crippen molar-refractivity contribution in [3.8, 4) is 0 Å². The van der Waals surface area contributed by atoms with E-state index in [9.17, 15) is 9.59 Å². The van der Waals surface area contributed by atoms with Gasteiger partial charge in [0.1, 0.15) is 11.1 Å². The van der Waals surface area contributed by atoms with Crippen LogP contribution in [-0.2, 0) is 4.74 Å². The third-order valence-electron chi connectivity index (χ3n) is 4.60. The standard InChI is InChI=1S/C18H21NO5/c1-19(7-4-12-5-8-23-9-6-12)14-3-2-13-10-15(17(20)21)18(22)24-16(13)11-14/h2-3,10-12H,4-9H2,1H3,(H,20,21). The molecular weight excluding hydrogens is 310 g/mol. The molecule has 0 unspecified atom stereocenters. The fourth-order valence-electron chi connectivity index (χ4n) is 3.03. The Labute approximate surface area is 139 Å². The zero-order chi connectivity index (χ0) is 17.1. The molecule has 6 heteroatoms. The minimum atomic E-state index is -1.27. The Morgan fingerprint density at radius 3 is 2.75 bits per heavy atom. The Morgan fingerprint density at radius 2 is 2.04 bits per heavy atom. The van der Waals surface area contributed by atoms with Crippen LogP contribution >= 0.6 is 0 Å². The quantitative estimate of drug-likeness (QED) is 0.849. The number of carbonyl (C=O) groups is 1. The minimum Gasteiger partial charge on any atom is -0.477 e. The molecule has 3 rings (SSSR count). The van der Waals surface area contributed by atoms with Crippen LogP contribution in [0.5, 0.6) is 0 Å². The summed E-state index contributed by atoms with van der Waals surface area (Å²) in [4.78, 5) is 24.8. The SMILES string of the molecule is CN(CCC1CCOCC1)c1ccc2cc(C(=O)O)c(=O)oc2c1. The number of benzene rings is 1. The molecule has 2 heterocycles. The number of carboxylic acid groups (broad SMARTS) is 1. The van der Waals surface area contributed by atoms with Gasteiger partial charge in [0.05, 0.1) is 0 Å². The van der Waals surface area contributed by atoms with Crippen molar-refractivity contribution < 1.29 is 19.1 Å². The molecule has 6 nitrogen and oxygen atoms in total. The molecule has 0 amide bonds. The van der Waals surface area contributed by atoms with Crippen LogP contribution in [-0.4, -0.2) is 37.9 Å². The van der Waals surface area contributed by atoms with Crippen molar-refractivity contribution in [2.24, 2.45) is 5.92 Å². The average Bonchev–Trinajstić information content (AvgIpc) is 2.59. The van der Waals surface area contributed by atoms with E-state index >= 15 is 0 Å². The van der Waals surface area contributed by atoms with Gasteiger partial charge in [-0.3, -0.25) is 0 Å². The molecule has 0 radical (unpaired) electrons. The number of nitrogens with zero attached hydrogens (tertiary/aromatic N) is 1. The summed E-state index contributed by atoms with van der Waals surface area (Å²) < 4.78 is 10.5. The van der Waals surface area contributed by atoms with Gasteiger partial charge in [-0.2, -0.15) is 0 Å². The summed E-state index contributed by atoms with van der Waals surface area (Å²) >= 11 is 0. The fourth-order valence-corrected chi connectivity index (χ4v) is 3.03. The molecule has 0 atom stereocenters. The summed E-state index contributed by atoms with van der Waals surface area (Å²) in [7, 11) is 2.00. The van der Waals surface area contributed by atoms with E-state index in [1.54, 1.807) is 12.1 Å². The van der Waals surface area contributed by atoms with Crippen LogP contribution in [0.3, 0.4) is 0 Å². The molecule has 128 valence electrons. The van der Waals surface area contributed by atoms with E-state index in [-0.39, 0.29) is 5.56 Å². The zero-order valence-electron chi connectivity index (χ0n) is 13.7. The van der Waals surface area contributed by atoms with Gasteiger partial charge in [0.25, 0.3) is 0 Å². The number of rotatable bonds is 5. The van der Waals surface area contributed by atoms with Gasteiger partial charge in [-0.25, -0.2) is 9.59 Å². The summed E-state index contributed by atoms with van der Waals surface area (Å²) in [6.07, 6.45) is 3.32. The molecule has 0 aliphatic carbocycles. The van der Waals surface area contributed by atoms with Crippen LogP contribution < -0.4 is 10.5 Å². The Morgan fingerprint density at radius 1 is 1.29 bits per heavy atom. The van der Waals surface area contributed by atoms with Crippen LogP contribution in [0.15, 0.2) is 33.5 Å². The van der Waals surface area contributed by atoms with Crippen molar-refractivity contribution in [3.05, 3.63) is 40.2 Å². The van der Waals surface area contributed by atoms with Gasteiger partial charge in [-0.1, -0.05) is 0 Å². The summed E-state index contributed by atoms with van der Waals surface area (Å²) in [6, 6.07) is 6.84. The van der Waals surface area contributed by atoms with Gasteiger partial charge < -0.3 is 19.2 Å². The second kappa shape index (κ2) is 7.05. The fraction of sp³-hybridized carbons (Fsp3) is 0.444. The molecule has 2 aromatic rings. The van der Waals surface area contributed by atoms with Crippen LogP contribution in [0.2, 0.25) is 0 Å². The van der Waals surface area contributed by atoms with Gasteiger partial charge in [0, 0.05) is 43.9 Å². The lowest BCUT2D eigenvalue weighted by Gasteiger charge is -2.26. The van der Waals surface area contributed by atoms with Gasteiger partial charge in [-0.15, -0.1) is 0 Å². The van der Waals surface area contributed by atoms with E-state index in [1.165, 1.54) is 6.07 Å². The third-order valence-corrected chi connectivity index (χ3v) is 4.60. The minimum absolute atomic E-state index is 0.344. The van der Waals surface area contributed by atoms with E-state index in [1.807, 2.05) is 13.1 Å². The number of ether oxygens (including phenoxy) is 1. The first-order valence-corrected chi connectivity index (χ1v) is 8.14. The maximum absolute atomic E-state index is 11.7. The van der Waals surface area contributed by atoms with Crippen molar-refractivity contribution in [1.82, 2.24) is 0 Å². The zero-order valence-corrected chi connectivity index (χ0v) is 13.7. The van der Waals surface area contributed by atoms with Crippen molar-refractivity contribution in [1.29, 1.82) is 0 Å². The molecule has 1 aliphatic heterocycles. The summed E-state index contributed by atoms with van der Waals surface area (Å²) in [5, 5.41) is 9.59. The largest absolute Gasteiger partial charge is 0.477 e. The maximum atomic E-state index is 11.7. The molecular formula is C18H21NO5. The Hall–Kier alpha value is -2.34. The first-order valence-electron chi connectivity index (χ1n) is 8.14. The molecule has 1 aliphatic rings. The Bertz CT molecular complexity index is 792. The van der Waals surface area contributed by atoms with Crippen molar-refractivity contribution >= 4 is 22.6 Å². The average molecular weight is 331 g/mol. The van der Waals surface area contributed by atoms with Gasteiger partial charge in [-0.05, 0) is 43.4 Å². The highest BCUT2D eigenvalue weighted by molar-refractivity contribution is 5.92. The lowest BCUT2D eigenvalue weighted by molar-refractivity contribution is 0.0645. The van der Waals surface area contributed by atoms with Gasteiger partial charge in [0.15, 0.2) is 0 Å². The van der Waals surface area contributed by atoms with E-state index in [4.69, 9.17) is 14.3 Å². The molecule has 1 aromatic heterocycles. The van der Waals surface area contributed by atoms with E-state index in [0.717, 1.165) is 44.7 Å². The highest BCUT2D eigenvalue weighted by Crippen LogP contribution is 2.23. The Kier molecular flexibility index (Phi) is 4.85. The van der Waals surface area contributed by atoms with Crippen molar-refractivity contribution in [3.63, 3.8) is 0 Å². The van der Waals surface area contributed by atoms with Crippen LogP contribution in [0.4, 0.5) is 5.69 Å². The van der Waals surface area contributed by atoms with Gasteiger partial charge >= 0.3 is 11.6 Å². The number of hydrogen-bond donors (Lipinski definition) is 1. The topological polar surface area (TPSA) is 80.0 Å². The lowest BCUT2D eigenvalue weighted by Crippen LogP contribution is -2.24. The predicted molar refractivity (Wildman–Crippen MR) is 90.9 cm³/mol. The van der Waals surface area contributed by atoms with E-state index in [0.29, 0.717) is 16.9 Å². The first-order chi connectivity index (χ1) is 11.5. The second-order valence-corrected chi connectivity index (χ2v) is 6.24. The van der Waals surface area contributed by atoms with E-state index in [2.05, 4.69) is 4.90 Å². The lowest BCUT2D eigenvalue weighted by atomic mass is 9.96. The molecule has 0 spiro atoms. The number of fused-ring (bicyclic) bond motifs is 1. The van der Waals surface area contributed by atoms with Crippen LogP contribution in [0.25, 0.3) is 11.0 Å². The molecule has 0 saturated carbocycles.